The molecule has 0 saturated carbocycles. The molecule has 0 aromatic carbocycles. The molecule has 176 valence electrons. The highest BCUT2D eigenvalue weighted by Crippen LogP contribution is 2.30. The van der Waals surface area contributed by atoms with Gasteiger partial charge in [-0.3, -0.25) is 9.69 Å². The van der Waals surface area contributed by atoms with E-state index >= 15 is 0 Å². The molecule has 1 fully saturated rings. The minimum Gasteiger partial charge on any atom is -0.466 e. The van der Waals surface area contributed by atoms with Crippen molar-refractivity contribution in [3.8, 4) is 11.3 Å². The lowest BCUT2D eigenvalue weighted by atomic mass is 10.0. The molecular weight excluding hydrogens is 414 g/mol. The van der Waals surface area contributed by atoms with Gasteiger partial charge in [0.25, 0.3) is 5.91 Å². The van der Waals surface area contributed by atoms with Gasteiger partial charge in [-0.1, -0.05) is 11.6 Å². The number of allylic oxidation sites excluding steroid dienone is 1. The number of nitrogens with one attached hydrogen (secondary N) is 1. The molecule has 0 aliphatic carbocycles. The molecule has 0 spiro atoms. The van der Waals surface area contributed by atoms with Gasteiger partial charge in [-0.25, -0.2) is 9.67 Å². The number of hydrogen-bond donors (Lipinski definition) is 1. The molecule has 3 aromatic rings. The topological polar surface area (TPSA) is 76.2 Å². The third-order valence-electron chi connectivity index (χ3n) is 6.30. The summed E-state index contributed by atoms with van der Waals surface area (Å²) in [6, 6.07) is 4.16. The zero-order valence-corrected chi connectivity index (χ0v) is 20.6. The number of amides is 1. The van der Waals surface area contributed by atoms with E-state index in [-0.39, 0.29) is 18.0 Å². The lowest BCUT2D eigenvalue weighted by Crippen LogP contribution is -2.44. The Hall–Kier alpha value is -2.93. The van der Waals surface area contributed by atoms with Gasteiger partial charge in [-0.15, -0.1) is 0 Å². The highest BCUT2D eigenvalue weighted by Gasteiger charge is 2.24. The summed E-state index contributed by atoms with van der Waals surface area (Å²) < 4.78 is 7.61. The minimum atomic E-state index is -0.0624. The van der Waals surface area contributed by atoms with E-state index in [4.69, 9.17) is 9.40 Å². The lowest BCUT2D eigenvalue weighted by Gasteiger charge is -2.31. The number of fused-ring (bicyclic) bond motifs is 1. The van der Waals surface area contributed by atoms with E-state index < -0.39 is 0 Å². The zero-order valence-electron chi connectivity index (χ0n) is 20.6. The van der Waals surface area contributed by atoms with Crippen LogP contribution in [0.25, 0.3) is 22.3 Å². The van der Waals surface area contributed by atoms with Crippen molar-refractivity contribution in [1.29, 1.82) is 0 Å². The molecule has 4 heterocycles. The van der Waals surface area contributed by atoms with Crippen molar-refractivity contribution in [2.75, 3.05) is 19.6 Å². The van der Waals surface area contributed by atoms with Crippen LogP contribution in [0.5, 0.6) is 0 Å². The van der Waals surface area contributed by atoms with Crippen LogP contribution in [0, 0.1) is 13.8 Å². The van der Waals surface area contributed by atoms with Gasteiger partial charge in [0.15, 0.2) is 5.65 Å². The van der Waals surface area contributed by atoms with Crippen LogP contribution in [0.15, 0.2) is 34.4 Å². The largest absolute Gasteiger partial charge is 0.466 e. The summed E-state index contributed by atoms with van der Waals surface area (Å²) in [6.07, 6.45) is 5.93. The van der Waals surface area contributed by atoms with Crippen molar-refractivity contribution >= 4 is 16.9 Å². The molecule has 1 aliphatic heterocycles. The maximum Gasteiger partial charge on any atom is 0.252 e. The maximum absolute atomic E-state index is 13.5. The molecule has 1 saturated heterocycles. The monoisotopic (exact) mass is 449 g/mol. The fourth-order valence-corrected chi connectivity index (χ4v) is 4.44. The first kappa shape index (κ1) is 23.2. The Kier molecular flexibility index (Phi) is 6.70. The summed E-state index contributed by atoms with van der Waals surface area (Å²) in [4.78, 5) is 20.8. The van der Waals surface area contributed by atoms with E-state index in [1.54, 1.807) is 6.20 Å². The van der Waals surface area contributed by atoms with Crippen molar-refractivity contribution in [3.63, 3.8) is 0 Å². The number of aryl methyl sites for hydroxylation is 2. The number of hydrogen-bond acceptors (Lipinski definition) is 5. The molecule has 1 amide bonds. The number of rotatable bonds is 6. The number of carbonyl (C=O) groups is 1. The van der Waals surface area contributed by atoms with E-state index in [1.807, 2.05) is 30.7 Å². The predicted octanol–water partition coefficient (Wildman–Crippen LogP) is 5.05. The third-order valence-corrected chi connectivity index (χ3v) is 6.30. The molecule has 0 bridgehead atoms. The molecule has 33 heavy (non-hydrogen) atoms. The molecule has 4 rings (SSSR count). The zero-order chi connectivity index (χ0) is 23.7. The first-order valence-electron chi connectivity index (χ1n) is 11.8. The number of pyridine rings is 1. The van der Waals surface area contributed by atoms with E-state index in [9.17, 15) is 4.79 Å². The van der Waals surface area contributed by atoms with Crippen LogP contribution in [0.2, 0.25) is 0 Å². The lowest BCUT2D eigenvalue weighted by molar-refractivity contribution is 0.0915. The van der Waals surface area contributed by atoms with Crippen LogP contribution >= 0.6 is 0 Å². The summed E-state index contributed by atoms with van der Waals surface area (Å²) in [7, 11) is 0. The summed E-state index contributed by atoms with van der Waals surface area (Å²) in [5, 5.41) is 8.59. The molecule has 0 atom stereocenters. The standard InChI is InChI=1S/C26H35N5O2/c1-16(2)7-10-30-11-8-20(9-12-30)28-26(32)22-14-24(21-13-18(5)33-19(21)6)29-25-23(22)15-27-31(25)17(3)4/h7,13-15,17,20H,8-12H2,1-6H3,(H,28,32). The van der Waals surface area contributed by atoms with Crippen LogP contribution in [-0.2, 0) is 0 Å². The first-order chi connectivity index (χ1) is 15.7. The summed E-state index contributed by atoms with van der Waals surface area (Å²) >= 11 is 0. The van der Waals surface area contributed by atoms with E-state index in [2.05, 4.69) is 49.1 Å². The average Bonchev–Trinajstić information content (AvgIpc) is 3.34. The molecule has 7 heteroatoms. The second-order valence-electron chi connectivity index (χ2n) is 9.63. The number of carbonyl (C=O) groups excluding carboxylic acids is 1. The summed E-state index contributed by atoms with van der Waals surface area (Å²) in [5.41, 5.74) is 4.33. The normalized spacial score (nSPS) is 15.4. The highest BCUT2D eigenvalue weighted by atomic mass is 16.3. The fraction of sp³-hybridized carbons (Fsp3) is 0.500. The highest BCUT2D eigenvalue weighted by molar-refractivity contribution is 6.06. The Balaban J connectivity index is 1.61. The first-order valence-corrected chi connectivity index (χ1v) is 11.8. The van der Waals surface area contributed by atoms with E-state index in [0.29, 0.717) is 5.56 Å². The molecule has 0 radical (unpaired) electrons. The van der Waals surface area contributed by atoms with Gasteiger partial charge in [0, 0.05) is 37.3 Å². The molecule has 3 aromatic heterocycles. The molecular formula is C26H35N5O2. The Morgan fingerprint density at radius 1 is 1.24 bits per heavy atom. The van der Waals surface area contributed by atoms with Gasteiger partial charge >= 0.3 is 0 Å². The maximum atomic E-state index is 13.5. The molecule has 0 unspecified atom stereocenters. The van der Waals surface area contributed by atoms with Crippen LogP contribution in [0.4, 0.5) is 0 Å². The summed E-state index contributed by atoms with van der Waals surface area (Å²) in [5.74, 6) is 1.56. The number of aromatic nitrogens is 3. The van der Waals surface area contributed by atoms with Crippen LogP contribution in [-0.4, -0.2) is 51.2 Å². The Labute approximate surface area is 195 Å². The van der Waals surface area contributed by atoms with E-state index in [1.165, 1.54) is 5.57 Å². The van der Waals surface area contributed by atoms with Crippen LogP contribution in [0.3, 0.4) is 0 Å². The number of likely N-dealkylation sites (tertiary alicyclic amines) is 1. The van der Waals surface area contributed by atoms with Gasteiger partial charge in [-0.05, 0) is 66.5 Å². The van der Waals surface area contributed by atoms with Gasteiger partial charge in [0.05, 0.1) is 22.8 Å². The van der Waals surface area contributed by atoms with Crippen LogP contribution < -0.4 is 5.32 Å². The Bertz CT molecular complexity index is 1170. The van der Waals surface area contributed by atoms with Gasteiger partial charge in [-0.2, -0.15) is 5.10 Å². The van der Waals surface area contributed by atoms with E-state index in [0.717, 1.165) is 66.3 Å². The van der Waals surface area contributed by atoms with Crippen molar-refractivity contribution in [1.82, 2.24) is 25.0 Å². The second-order valence-corrected chi connectivity index (χ2v) is 9.63. The molecule has 1 aliphatic rings. The van der Waals surface area contributed by atoms with Gasteiger partial charge in [0.2, 0.25) is 0 Å². The molecule has 7 nitrogen and oxygen atoms in total. The second kappa shape index (κ2) is 9.51. The quantitative estimate of drug-likeness (QED) is 0.533. The van der Waals surface area contributed by atoms with Gasteiger partial charge in [0.1, 0.15) is 11.5 Å². The molecule has 1 N–H and O–H groups in total. The number of nitrogens with zero attached hydrogens (tertiary/aromatic N) is 4. The minimum absolute atomic E-state index is 0.0624. The number of piperidine rings is 1. The Morgan fingerprint density at radius 3 is 2.58 bits per heavy atom. The average molecular weight is 450 g/mol. The smallest absolute Gasteiger partial charge is 0.252 e. The van der Waals surface area contributed by atoms with Crippen molar-refractivity contribution in [2.24, 2.45) is 0 Å². The number of furan rings is 1. The van der Waals surface area contributed by atoms with Crippen molar-refractivity contribution < 1.29 is 9.21 Å². The SMILES string of the molecule is CC(C)=CCN1CCC(NC(=O)c2cc(-c3cc(C)oc3C)nc3c2cnn3C(C)C)CC1. The fourth-order valence-electron chi connectivity index (χ4n) is 4.44. The van der Waals surface area contributed by atoms with Crippen LogP contribution in [0.1, 0.15) is 68.5 Å². The summed E-state index contributed by atoms with van der Waals surface area (Å²) in [6.45, 7) is 15.2. The van der Waals surface area contributed by atoms with Crippen molar-refractivity contribution in [2.45, 2.75) is 66.5 Å². The van der Waals surface area contributed by atoms with Gasteiger partial charge < -0.3 is 9.73 Å². The predicted molar refractivity (Wildman–Crippen MR) is 131 cm³/mol. The van der Waals surface area contributed by atoms with Crippen molar-refractivity contribution in [3.05, 3.63) is 47.1 Å². The third kappa shape index (κ3) is 5.03. The Morgan fingerprint density at radius 2 is 1.97 bits per heavy atom.